The standard InChI is InChI=1S/C18H19NO/c1-12-10-13(2)17(19-11-12)18(20)16-9-4-3-8-15(16)14-6-5-7-14/h3-4,8-11,14H,5-7H2,1-2H3. The minimum Gasteiger partial charge on any atom is -0.287 e. The predicted molar refractivity (Wildman–Crippen MR) is 80.2 cm³/mol. The molecule has 0 N–H and O–H groups in total. The zero-order valence-corrected chi connectivity index (χ0v) is 12.0. The van der Waals surface area contributed by atoms with Crippen LogP contribution in [0.3, 0.4) is 0 Å². The fourth-order valence-corrected chi connectivity index (χ4v) is 2.86. The Morgan fingerprint density at radius 2 is 1.95 bits per heavy atom. The number of aromatic nitrogens is 1. The first-order valence-electron chi connectivity index (χ1n) is 7.23. The van der Waals surface area contributed by atoms with Gasteiger partial charge in [0.15, 0.2) is 0 Å². The molecule has 20 heavy (non-hydrogen) atoms. The van der Waals surface area contributed by atoms with Crippen molar-refractivity contribution >= 4 is 5.78 Å². The number of ketones is 1. The van der Waals surface area contributed by atoms with Gasteiger partial charge in [0.05, 0.1) is 0 Å². The van der Waals surface area contributed by atoms with Gasteiger partial charge in [0.2, 0.25) is 5.78 Å². The summed E-state index contributed by atoms with van der Waals surface area (Å²) in [4.78, 5) is 17.1. The summed E-state index contributed by atoms with van der Waals surface area (Å²) in [7, 11) is 0. The van der Waals surface area contributed by atoms with Crippen LogP contribution in [0.15, 0.2) is 36.5 Å². The minimum absolute atomic E-state index is 0.0602. The number of aryl methyl sites for hydroxylation is 2. The molecule has 2 heteroatoms. The molecule has 0 aliphatic heterocycles. The third-order valence-corrected chi connectivity index (χ3v) is 4.18. The molecule has 1 saturated carbocycles. The molecule has 1 aromatic carbocycles. The zero-order chi connectivity index (χ0) is 14.1. The van der Waals surface area contributed by atoms with Crippen LogP contribution in [0.1, 0.15) is 57.9 Å². The molecule has 2 aromatic rings. The number of rotatable bonds is 3. The van der Waals surface area contributed by atoms with Gasteiger partial charge in [-0.15, -0.1) is 0 Å². The number of benzene rings is 1. The Hall–Kier alpha value is -1.96. The van der Waals surface area contributed by atoms with Crippen molar-refractivity contribution in [2.75, 3.05) is 0 Å². The SMILES string of the molecule is Cc1cnc(C(=O)c2ccccc2C2CCC2)c(C)c1. The quantitative estimate of drug-likeness (QED) is 0.779. The molecule has 0 spiro atoms. The van der Waals surface area contributed by atoms with Crippen LogP contribution in [0.5, 0.6) is 0 Å². The van der Waals surface area contributed by atoms with E-state index in [-0.39, 0.29) is 5.78 Å². The highest BCUT2D eigenvalue weighted by molar-refractivity contribution is 6.09. The Morgan fingerprint density at radius 3 is 2.60 bits per heavy atom. The second kappa shape index (κ2) is 5.20. The summed E-state index contributed by atoms with van der Waals surface area (Å²) < 4.78 is 0. The predicted octanol–water partition coefficient (Wildman–Crippen LogP) is 4.20. The van der Waals surface area contributed by atoms with Crippen molar-refractivity contribution in [2.45, 2.75) is 39.0 Å². The smallest absolute Gasteiger partial charge is 0.211 e. The lowest BCUT2D eigenvalue weighted by Crippen LogP contribution is -2.15. The third-order valence-electron chi connectivity index (χ3n) is 4.18. The highest BCUT2D eigenvalue weighted by Crippen LogP contribution is 2.38. The summed E-state index contributed by atoms with van der Waals surface area (Å²) in [6.45, 7) is 3.95. The summed E-state index contributed by atoms with van der Waals surface area (Å²) in [6, 6.07) is 10.0. The molecule has 3 rings (SSSR count). The summed E-state index contributed by atoms with van der Waals surface area (Å²) >= 11 is 0. The molecule has 1 aliphatic rings. The van der Waals surface area contributed by atoms with Crippen LogP contribution in [0, 0.1) is 13.8 Å². The largest absolute Gasteiger partial charge is 0.287 e. The highest BCUT2D eigenvalue weighted by Gasteiger charge is 2.25. The molecule has 0 bridgehead atoms. The number of hydrogen-bond donors (Lipinski definition) is 0. The molecule has 1 fully saturated rings. The van der Waals surface area contributed by atoms with Crippen molar-refractivity contribution in [3.63, 3.8) is 0 Å². The van der Waals surface area contributed by atoms with Gasteiger partial charge in [0, 0.05) is 11.8 Å². The van der Waals surface area contributed by atoms with Crippen molar-refractivity contribution in [2.24, 2.45) is 0 Å². The van der Waals surface area contributed by atoms with Crippen LogP contribution in [0.4, 0.5) is 0 Å². The van der Waals surface area contributed by atoms with E-state index in [0.717, 1.165) is 16.7 Å². The van der Waals surface area contributed by atoms with Crippen molar-refractivity contribution in [1.82, 2.24) is 4.98 Å². The van der Waals surface area contributed by atoms with Gasteiger partial charge in [-0.1, -0.05) is 36.8 Å². The van der Waals surface area contributed by atoms with Crippen LogP contribution in [-0.4, -0.2) is 10.8 Å². The van der Waals surface area contributed by atoms with E-state index in [1.54, 1.807) is 6.20 Å². The van der Waals surface area contributed by atoms with Crippen molar-refractivity contribution in [3.05, 3.63) is 64.5 Å². The van der Waals surface area contributed by atoms with E-state index >= 15 is 0 Å². The first-order chi connectivity index (χ1) is 9.66. The summed E-state index contributed by atoms with van der Waals surface area (Å²) in [6.07, 6.45) is 5.44. The molecular formula is C18H19NO. The lowest BCUT2D eigenvalue weighted by Gasteiger charge is -2.27. The Labute approximate surface area is 119 Å². The average Bonchev–Trinajstić information content (AvgIpc) is 2.37. The molecular weight excluding hydrogens is 246 g/mol. The van der Waals surface area contributed by atoms with Crippen LogP contribution in [0.2, 0.25) is 0 Å². The maximum Gasteiger partial charge on any atom is 0.211 e. The molecule has 0 amide bonds. The van der Waals surface area contributed by atoms with Gasteiger partial charge in [-0.2, -0.15) is 0 Å². The minimum atomic E-state index is 0.0602. The molecule has 1 heterocycles. The lowest BCUT2D eigenvalue weighted by atomic mass is 9.77. The lowest BCUT2D eigenvalue weighted by molar-refractivity contribution is 0.103. The molecule has 2 nitrogen and oxygen atoms in total. The Kier molecular flexibility index (Phi) is 3.39. The Morgan fingerprint density at radius 1 is 1.20 bits per heavy atom. The molecule has 102 valence electrons. The van der Waals surface area contributed by atoms with E-state index in [0.29, 0.717) is 11.6 Å². The van der Waals surface area contributed by atoms with Crippen molar-refractivity contribution in [3.8, 4) is 0 Å². The van der Waals surface area contributed by atoms with Crippen molar-refractivity contribution in [1.29, 1.82) is 0 Å². The van der Waals surface area contributed by atoms with Gasteiger partial charge >= 0.3 is 0 Å². The first kappa shape index (κ1) is 13.0. The van der Waals surface area contributed by atoms with Crippen LogP contribution in [0.25, 0.3) is 0 Å². The number of pyridine rings is 1. The highest BCUT2D eigenvalue weighted by atomic mass is 16.1. The molecule has 1 aliphatic carbocycles. The Bertz CT molecular complexity index is 656. The topological polar surface area (TPSA) is 30.0 Å². The maximum absolute atomic E-state index is 12.8. The van der Waals surface area contributed by atoms with E-state index in [4.69, 9.17) is 0 Å². The van der Waals surface area contributed by atoms with Gasteiger partial charge in [-0.05, 0) is 49.3 Å². The molecule has 0 unspecified atom stereocenters. The summed E-state index contributed by atoms with van der Waals surface area (Å²) in [5.41, 5.74) is 4.66. The van der Waals surface area contributed by atoms with E-state index in [9.17, 15) is 4.79 Å². The van der Waals surface area contributed by atoms with Crippen LogP contribution in [-0.2, 0) is 0 Å². The van der Waals surface area contributed by atoms with Gasteiger partial charge < -0.3 is 0 Å². The summed E-state index contributed by atoms with van der Waals surface area (Å²) in [5.74, 6) is 0.617. The number of carbonyl (C=O) groups is 1. The first-order valence-corrected chi connectivity index (χ1v) is 7.23. The molecule has 1 aromatic heterocycles. The number of carbonyl (C=O) groups excluding carboxylic acids is 1. The van der Waals surface area contributed by atoms with Gasteiger partial charge in [-0.25, -0.2) is 0 Å². The van der Waals surface area contributed by atoms with E-state index in [2.05, 4.69) is 11.1 Å². The van der Waals surface area contributed by atoms with Crippen molar-refractivity contribution < 1.29 is 4.79 Å². The van der Waals surface area contributed by atoms with E-state index in [1.807, 2.05) is 38.1 Å². The third kappa shape index (κ3) is 2.26. The maximum atomic E-state index is 12.8. The fourth-order valence-electron chi connectivity index (χ4n) is 2.86. The molecule has 0 atom stereocenters. The number of nitrogens with zero attached hydrogens (tertiary/aromatic N) is 1. The zero-order valence-electron chi connectivity index (χ0n) is 12.0. The average molecular weight is 265 g/mol. The monoisotopic (exact) mass is 265 g/mol. The fraction of sp³-hybridized carbons (Fsp3) is 0.333. The molecule has 0 saturated heterocycles. The van der Waals surface area contributed by atoms with Gasteiger partial charge in [0.25, 0.3) is 0 Å². The second-order valence-corrected chi connectivity index (χ2v) is 5.72. The number of hydrogen-bond acceptors (Lipinski definition) is 2. The molecule has 0 radical (unpaired) electrons. The van der Waals surface area contributed by atoms with Gasteiger partial charge in [0.1, 0.15) is 5.69 Å². The summed E-state index contributed by atoms with van der Waals surface area (Å²) in [5, 5.41) is 0. The van der Waals surface area contributed by atoms with Gasteiger partial charge in [-0.3, -0.25) is 9.78 Å². The second-order valence-electron chi connectivity index (χ2n) is 5.72. The van der Waals surface area contributed by atoms with Crippen LogP contribution < -0.4 is 0 Å². The van der Waals surface area contributed by atoms with Crippen LogP contribution >= 0.6 is 0 Å². The van der Waals surface area contributed by atoms with E-state index < -0.39 is 0 Å². The van der Waals surface area contributed by atoms with E-state index in [1.165, 1.54) is 24.8 Å². The Balaban J connectivity index is 2.02. The normalized spacial score (nSPS) is 14.9.